The van der Waals surface area contributed by atoms with E-state index in [1.54, 1.807) is 0 Å². The van der Waals surface area contributed by atoms with Crippen molar-refractivity contribution in [3.63, 3.8) is 0 Å². The molecular weight excluding hydrogens is 361 g/mol. The SMILES string of the molecule is Nc1nnnn1Cc1snnc1/C(=N\O)Nc1ccc(F)c(Cl)c1. The van der Waals surface area contributed by atoms with Crippen LogP contribution in [0.2, 0.25) is 5.02 Å². The molecule has 2 heterocycles. The standard InChI is InChI=1S/C11H9ClFN9OS/c12-6-3-5(1-2-7(6)13)15-10(18-23)9-8(24-21-16-9)4-22-11(14)17-19-20-22/h1-3,23H,4H2,(H,15,18)(H2,14,17,20). The number of nitrogen functional groups attached to an aromatic ring is 1. The van der Waals surface area contributed by atoms with Gasteiger partial charge in [0.15, 0.2) is 5.84 Å². The first-order valence-electron chi connectivity index (χ1n) is 6.36. The molecule has 0 aliphatic rings. The number of nitrogens with one attached hydrogen (secondary N) is 1. The second-order valence-corrected chi connectivity index (χ2v) is 5.69. The predicted molar refractivity (Wildman–Crippen MR) is 84.6 cm³/mol. The van der Waals surface area contributed by atoms with Crippen LogP contribution in [0.5, 0.6) is 0 Å². The van der Waals surface area contributed by atoms with E-state index >= 15 is 0 Å². The number of nitrogens with two attached hydrogens (primary N) is 1. The molecule has 0 aliphatic heterocycles. The fourth-order valence-corrected chi connectivity index (χ4v) is 2.60. The highest BCUT2D eigenvalue weighted by Crippen LogP contribution is 2.21. The molecule has 4 N–H and O–H groups in total. The van der Waals surface area contributed by atoms with Crippen LogP contribution in [-0.4, -0.2) is 40.8 Å². The summed E-state index contributed by atoms with van der Waals surface area (Å²) in [5.74, 6) is -0.432. The molecule has 0 radical (unpaired) electrons. The Kier molecular flexibility index (Phi) is 4.48. The number of nitrogens with zero attached hydrogens (tertiary/aromatic N) is 7. The predicted octanol–water partition coefficient (Wildman–Crippen LogP) is 1.20. The molecule has 1 aromatic carbocycles. The lowest BCUT2D eigenvalue weighted by Crippen LogP contribution is -2.17. The van der Waals surface area contributed by atoms with E-state index in [9.17, 15) is 9.60 Å². The molecule has 0 saturated heterocycles. The molecule has 0 aliphatic carbocycles. The highest BCUT2D eigenvalue weighted by molar-refractivity contribution is 7.05. The molecule has 0 bridgehead atoms. The lowest BCUT2D eigenvalue weighted by atomic mass is 10.2. The van der Waals surface area contributed by atoms with Gasteiger partial charge in [0.25, 0.3) is 0 Å². The first-order valence-corrected chi connectivity index (χ1v) is 7.51. The monoisotopic (exact) mass is 369 g/mol. The molecule has 3 rings (SSSR count). The van der Waals surface area contributed by atoms with E-state index in [1.807, 2.05) is 0 Å². The number of rotatable bonds is 4. The molecule has 124 valence electrons. The second kappa shape index (κ2) is 6.72. The topological polar surface area (TPSA) is 140 Å². The van der Waals surface area contributed by atoms with Crippen molar-refractivity contribution in [1.29, 1.82) is 0 Å². The van der Waals surface area contributed by atoms with Crippen molar-refractivity contribution in [1.82, 2.24) is 29.8 Å². The maximum Gasteiger partial charge on any atom is 0.240 e. The van der Waals surface area contributed by atoms with Gasteiger partial charge in [-0.05, 0) is 40.2 Å². The van der Waals surface area contributed by atoms with Crippen molar-refractivity contribution in [3.8, 4) is 0 Å². The number of oxime groups is 1. The van der Waals surface area contributed by atoms with Crippen LogP contribution in [0, 0.1) is 5.82 Å². The van der Waals surface area contributed by atoms with Gasteiger partial charge < -0.3 is 16.3 Å². The van der Waals surface area contributed by atoms with Crippen molar-refractivity contribution in [2.24, 2.45) is 5.16 Å². The molecule has 0 unspecified atom stereocenters. The summed E-state index contributed by atoms with van der Waals surface area (Å²) in [4.78, 5) is 0.600. The molecule has 24 heavy (non-hydrogen) atoms. The number of benzene rings is 1. The van der Waals surface area contributed by atoms with Crippen LogP contribution in [-0.2, 0) is 6.54 Å². The number of amidine groups is 1. The third-order valence-electron chi connectivity index (χ3n) is 2.92. The fraction of sp³-hybridized carbons (Fsp3) is 0.0909. The lowest BCUT2D eigenvalue weighted by molar-refractivity contribution is 0.319. The maximum atomic E-state index is 13.2. The lowest BCUT2D eigenvalue weighted by Gasteiger charge is -2.08. The fourth-order valence-electron chi connectivity index (χ4n) is 1.80. The molecule has 0 amide bonds. The molecule has 2 aromatic heterocycles. The van der Waals surface area contributed by atoms with Gasteiger partial charge >= 0.3 is 0 Å². The van der Waals surface area contributed by atoms with Crippen molar-refractivity contribution in [2.75, 3.05) is 11.1 Å². The smallest absolute Gasteiger partial charge is 0.240 e. The van der Waals surface area contributed by atoms with Crippen LogP contribution in [0.4, 0.5) is 16.0 Å². The van der Waals surface area contributed by atoms with E-state index < -0.39 is 5.82 Å². The van der Waals surface area contributed by atoms with Crippen molar-refractivity contribution in [2.45, 2.75) is 6.54 Å². The van der Waals surface area contributed by atoms with Crippen LogP contribution in [0.15, 0.2) is 23.4 Å². The van der Waals surface area contributed by atoms with Gasteiger partial charge in [-0.1, -0.05) is 26.3 Å². The molecule has 0 saturated carbocycles. The minimum absolute atomic E-state index is 0.00747. The van der Waals surface area contributed by atoms with Gasteiger partial charge in [0, 0.05) is 5.69 Å². The average molecular weight is 370 g/mol. The Labute approximate surface area is 142 Å². The summed E-state index contributed by atoms with van der Waals surface area (Å²) in [5.41, 5.74) is 6.30. The number of hydrogen-bond donors (Lipinski definition) is 3. The van der Waals surface area contributed by atoms with E-state index in [0.29, 0.717) is 10.6 Å². The van der Waals surface area contributed by atoms with Crippen LogP contribution >= 0.6 is 23.1 Å². The van der Waals surface area contributed by atoms with Gasteiger partial charge in [0.2, 0.25) is 5.95 Å². The summed E-state index contributed by atoms with van der Waals surface area (Å²) < 4.78 is 18.4. The second-order valence-electron chi connectivity index (χ2n) is 4.44. The van der Waals surface area contributed by atoms with Crippen LogP contribution in [0.25, 0.3) is 0 Å². The zero-order valence-electron chi connectivity index (χ0n) is 11.8. The largest absolute Gasteiger partial charge is 0.409 e. The summed E-state index contributed by atoms with van der Waals surface area (Å²) in [6.45, 7) is 0.191. The van der Waals surface area contributed by atoms with E-state index in [4.69, 9.17) is 17.3 Å². The van der Waals surface area contributed by atoms with Gasteiger partial charge in [0.1, 0.15) is 11.5 Å². The van der Waals surface area contributed by atoms with E-state index in [1.165, 1.54) is 22.9 Å². The highest BCUT2D eigenvalue weighted by atomic mass is 35.5. The first kappa shape index (κ1) is 16.0. The Hall–Kier alpha value is -2.86. The normalized spacial score (nSPS) is 11.7. The number of aromatic nitrogens is 6. The zero-order chi connectivity index (χ0) is 17.1. The first-order chi connectivity index (χ1) is 11.6. The van der Waals surface area contributed by atoms with Crippen LogP contribution in [0.3, 0.4) is 0 Å². The van der Waals surface area contributed by atoms with Gasteiger partial charge in [-0.15, -0.1) is 5.10 Å². The number of halogens is 2. The maximum absolute atomic E-state index is 13.2. The summed E-state index contributed by atoms with van der Waals surface area (Å²) >= 11 is 6.79. The number of anilines is 2. The quantitative estimate of drug-likeness (QED) is 0.269. The zero-order valence-corrected chi connectivity index (χ0v) is 13.3. The van der Waals surface area contributed by atoms with Gasteiger partial charge in [-0.25, -0.2) is 9.07 Å². The third-order valence-corrected chi connectivity index (χ3v) is 3.91. The molecule has 0 fully saturated rings. The van der Waals surface area contributed by atoms with Gasteiger partial charge in [-0.2, -0.15) is 0 Å². The van der Waals surface area contributed by atoms with Crippen LogP contribution < -0.4 is 11.1 Å². The van der Waals surface area contributed by atoms with Gasteiger partial charge in [0.05, 0.1) is 16.4 Å². The third kappa shape index (κ3) is 3.23. The Bertz CT molecular complexity index is 895. The van der Waals surface area contributed by atoms with E-state index in [2.05, 4.69) is 35.6 Å². The van der Waals surface area contributed by atoms with E-state index in [0.717, 1.165) is 11.5 Å². The van der Waals surface area contributed by atoms with Gasteiger partial charge in [-0.3, -0.25) is 0 Å². The summed E-state index contributed by atoms with van der Waals surface area (Å²) in [5, 5.41) is 29.8. The van der Waals surface area contributed by atoms with E-state index in [-0.39, 0.29) is 29.0 Å². The summed E-state index contributed by atoms with van der Waals surface area (Å²) in [7, 11) is 0. The molecule has 10 nitrogen and oxygen atoms in total. The number of hydrogen-bond acceptors (Lipinski definition) is 9. The Morgan fingerprint density at radius 1 is 1.46 bits per heavy atom. The molecular formula is C11H9ClFN9OS. The highest BCUT2D eigenvalue weighted by Gasteiger charge is 2.18. The van der Waals surface area contributed by atoms with Crippen molar-refractivity contribution >= 4 is 40.6 Å². The Morgan fingerprint density at radius 3 is 2.96 bits per heavy atom. The summed E-state index contributed by atoms with van der Waals surface area (Å²) in [6.07, 6.45) is 0. The Morgan fingerprint density at radius 2 is 2.29 bits per heavy atom. The van der Waals surface area contributed by atoms with Crippen molar-refractivity contribution < 1.29 is 9.60 Å². The molecule has 0 spiro atoms. The van der Waals surface area contributed by atoms with Crippen LogP contribution in [0.1, 0.15) is 10.6 Å². The minimum atomic E-state index is -0.560. The molecule has 13 heteroatoms. The average Bonchev–Trinajstić information content (AvgIpc) is 3.18. The molecule has 3 aromatic rings. The molecule has 0 atom stereocenters. The minimum Gasteiger partial charge on any atom is -0.409 e. The Balaban J connectivity index is 1.85. The summed E-state index contributed by atoms with van der Waals surface area (Å²) in [6, 6.07) is 3.97. The van der Waals surface area contributed by atoms with Crippen molar-refractivity contribution in [3.05, 3.63) is 39.6 Å². The number of tetrazole rings is 1.